The van der Waals surface area contributed by atoms with E-state index in [9.17, 15) is 5.11 Å². The van der Waals surface area contributed by atoms with Crippen LogP contribution in [0.5, 0.6) is 0 Å². The largest absolute Gasteiger partial charge is 0.389 e. The van der Waals surface area contributed by atoms with Crippen molar-refractivity contribution < 1.29 is 14.6 Å². The molecular formula is C23H38O3S2. The highest BCUT2D eigenvalue weighted by atomic mass is 32.2. The zero-order valence-corrected chi connectivity index (χ0v) is 19.2. The highest BCUT2D eigenvalue weighted by Crippen LogP contribution is 2.51. The Morgan fingerprint density at radius 3 is 2.39 bits per heavy atom. The van der Waals surface area contributed by atoms with Crippen LogP contribution in [0.3, 0.4) is 0 Å². The van der Waals surface area contributed by atoms with Gasteiger partial charge in [0, 0.05) is 29.3 Å². The van der Waals surface area contributed by atoms with Gasteiger partial charge in [0.2, 0.25) is 0 Å². The number of hydrogen-bond donors (Lipinski definition) is 1. The summed E-state index contributed by atoms with van der Waals surface area (Å²) in [6, 6.07) is 0. The van der Waals surface area contributed by atoms with E-state index in [1.54, 1.807) is 0 Å². The quantitative estimate of drug-likeness (QED) is 0.570. The molecule has 2 aliphatic heterocycles. The van der Waals surface area contributed by atoms with Crippen molar-refractivity contribution in [3.05, 3.63) is 12.2 Å². The summed E-state index contributed by atoms with van der Waals surface area (Å²) in [7, 11) is 0. The second-order valence-corrected chi connectivity index (χ2v) is 13.0. The Kier molecular flexibility index (Phi) is 7.09. The minimum absolute atomic E-state index is 0.111. The second kappa shape index (κ2) is 9.21. The minimum atomic E-state index is -0.392. The molecule has 2 saturated heterocycles. The molecule has 3 nitrogen and oxygen atoms in total. The molecule has 4 aliphatic rings. The summed E-state index contributed by atoms with van der Waals surface area (Å²) < 4.78 is 13.7. The van der Waals surface area contributed by atoms with Gasteiger partial charge in [-0.2, -0.15) is 0 Å². The van der Waals surface area contributed by atoms with E-state index < -0.39 is 5.79 Å². The van der Waals surface area contributed by atoms with Crippen molar-refractivity contribution in [2.75, 3.05) is 24.7 Å². The number of rotatable bonds is 6. The Labute approximate surface area is 179 Å². The van der Waals surface area contributed by atoms with Gasteiger partial charge >= 0.3 is 0 Å². The zero-order chi connectivity index (χ0) is 19.6. The van der Waals surface area contributed by atoms with Crippen molar-refractivity contribution in [3.63, 3.8) is 0 Å². The number of thioether (sulfide) groups is 2. The zero-order valence-electron chi connectivity index (χ0n) is 17.6. The number of ether oxygens (including phenoxy) is 2. The maximum atomic E-state index is 10.6. The lowest BCUT2D eigenvalue weighted by Crippen LogP contribution is -2.50. The van der Waals surface area contributed by atoms with Gasteiger partial charge < -0.3 is 14.6 Å². The van der Waals surface area contributed by atoms with Crippen molar-refractivity contribution in [1.82, 2.24) is 0 Å². The number of hydrogen-bond acceptors (Lipinski definition) is 5. The molecule has 5 heteroatoms. The molecule has 0 bridgehead atoms. The molecule has 2 heterocycles. The van der Waals surface area contributed by atoms with E-state index in [1.165, 1.54) is 50.0 Å². The fourth-order valence-electron chi connectivity index (χ4n) is 5.42. The summed E-state index contributed by atoms with van der Waals surface area (Å²) in [6.07, 6.45) is 13.6. The Balaban J connectivity index is 1.43. The summed E-state index contributed by atoms with van der Waals surface area (Å²) >= 11 is 4.24. The average molecular weight is 427 g/mol. The molecule has 0 aromatic rings. The Hall–Kier alpha value is 0.320. The molecule has 2 saturated carbocycles. The van der Waals surface area contributed by atoms with Crippen LogP contribution < -0.4 is 0 Å². The van der Waals surface area contributed by atoms with Crippen molar-refractivity contribution >= 4 is 23.5 Å². The fraction of sp³-hybridized carbons (Fsp3) is 0.913. The third-order valence-corrected chi connectivity index (χ3v) is 10.3. The van der Waals surface area contributed by atoms with Crippen LogP contribution in [-0.2, 0) is 9.47 Å². The lowest BCUT2D eigenvalue weighted by atomic mass is 9.85. The Bertz CT molecular complexity index is 528. The SMILES string of the molecule is CC1(C)COC2(CCC(C=CC(O)C3CCCC3)C2CCC2SCCS2)OC1. The van der Waals surface area contributed by atoms with Crippen LogP contribution in [0.4, 0.5) is 0 Å². The molecule has 2 aliphatic carbocycles. The molecule has 1 spiro atoms. The van der Waals surface area contributed by atoms with Crippen LogP contribution in [-0.4, -0.2) is 46.3 Å². The van der Waals surface area contributed by atoms with E-state index in [-0.39, 0.29) is 11.5 Å². The van der Waals surface area contributed by atoms with Gasteiger partial charge in [-0.1, -0.05) is 38.8 Å². The topological polar surface area (TPSA) is 38.7 Å². The summed E-state index contributed by atoms with van der Waals surface area (Å²) in [5.74, 6) is 3.55. The third kappa shape index (κ3) is 4.96. The summed E-state index contributed by atoms with van der Waals surface area (Å²) in [5, 5.41) is 10.6. The molecule has 0 aromatic carbocycles. The summed E-state index contributed by atoms with van der Waals surface area (Å²) in [5.41, 5.74) is 0.111. The van der Waals surface area contributed by atoms with Crippen molar-refractivity contribution in [1.29, 1.82) is 0 Å². The van der Waals surface area contributed by atoms with Crippen molar-refractivity contribution in [2.24, 2.45) is 23.2 Å². The lowest BCUT2D eigenvalue weighted by molar-refractivity contribution is -0.316. The van der Waals surface area contributed by atoms with Gasteiger partial charge in [0.05, 0.1) is 23.9 Å². The Morgan fingerprint density at radius 2 is 1.71 bits per heavy atom. The first kappa shape index (κ1) is 21.5. The number of allylic oxidation sites excluding steroid dienone is 1. The van der Waals surface area contributed by atoms with Crippen LogP contribution in [0, 0.1) is 23.2 Å². The molecule has 1 N–H and O–H groups in total. The molecule has 3 unspecified atom stereocenters. The van der Waals surface area contributed by atoms with E-state index in [4.69, 9.17) is 9.47 Å². The van der Waals surface area contributed by atoms with Crippen molar-refractivity contribution in [3.8, 4) is 0 Å². The molecule has 0 radical (unpaired) electrons. The van der Waals surface area contributed by atoms with E-state index in [0.29, 0.717) is 17.8 Å². The third-order valence-electron chi connectivity index (χ3n) is 7.16. The molecule has 4 rings (SSSR count). The second-order valence-electron chi connectivity index (χ2n) is 10.0. The van der Waals surface area contributed by atoms with Crippen LogP contribution in [0.2, 0.25) is 0 Å². The molecule has 4 fully saturated rings. The van der Waals surface area contributed by atoms with Crippen molar-refractivity contribution in [2.45, 2.75) is 81.7 Å². The van der Waals surface area contributed by atoms with Gasteiger partial charge in [0.1, 0.15) is 0 Å². The number of aliphatic hydroxyl groups is 1. The fourth-order valence-corrected chi connectivity index (χ4v) is 8.29. The maximum absolute atomic E-state index is 10.6. The molecule has 0 aromatic heterocycles. The van der Waals surface area contributed by atoms with E-state index in [0.717, 1.165) is 30.6 Å². The molecular weight excluding hydrogens is 388 g/mol. The first-order chi connectivity index (χ1) is 13.5. The van der Waals surface area contributed by atoms with Gasteiger partial charge in [-0.15, -0.1) is 23.5 Å². The summed E-state index contributed by atoms with van der Waals surface area (Å²) in [4.78, 5) is 0. The van der Waals surface area contributed by atoms with Gasteiger partial charge in [0.15, 0.2) is 5.79 Å². The highest BCUT2D eigenvalue weighted by molar-refractivity contribution is 8.20. The van der Waals surface area contributed by atoms with E-state index >= 15 is 0 Å². The van der Waals surface area contributed by atoms with E-state index in [2.05, 4.69) is 49.5 Å². The van der Waals surface area contributed by atoms with Gasteiger partial charge in [0.25, 0.3) is 0 Å². The maximum Gasteiger partial charge on any atom is 0.171 e. The first-order valence-electron chi connectivity index (χ1n) is 11.3. The van der Waals surface area contributed by atoms with Gasteiger partial charge in [-0.3, -0.25) is 0 Å². The van der Waals surface area contributed by atoms with Gasteiger partial charge in [-0.05, 0) is 43.9 Å². The highest BCUT2D eigenvalue weighted by Gasteiger charge is 2.52. The van der Waals surface area contributed by atoms with Crippen LogP contribution >= 0.6 is 23.5 Å². The van der Waals surface area contributed by atoms with E-state index in [1.807, 2.05) is 0 Å². The standard InChI is InChI=1S/C23H38O3S2/c1-22(2)15-25-23(26-16-22)12-11-17(7-9-20(24)18-5-3-4-6-18)19(23)8-10-21-27-13-14-28-21/h7,9,17-21,24H,3-6,8,10-16H2,1-2H3. The lowest BCUT2D eigenvalue weighted by Gasteiger charge is -2.45. The molecule has 0 amide bonds. The smallest absolute Gasteiger partial charge is 0.171 e. The normalized spacial score (nSPS) is 34.7. The molecule has 3 atom stereocenters. The molecule has 160 valence electrons. The van der Waals surface area contributed by atoms with Crippen LogP contribution in [0.15, 0.2) is 12.2 Å². The Morgan fingerprint density at radius 1 is 1.04 bits per heavy atom. The average Bonchev–Trinajstić information content (AvgIpc) is 3.43. The van der Waals surface area contributed by atoms with Crippen LogP contribution in [0.25, 0.3) is 0 Å². The minimum Gasteiger partial charge on any atom is -0.389 e. The van der Waals surface area contributed by atoms with Crippen LogP contribution in [0.1, 0.15) is 65.2 Å². The molecule has 28 heavy (non-hydrogen) atoms. The van der Waals surface area contributed by atoms with Gasteiger partial charge in [-0.25, -0.2) is 0 Å². The predicted molar refractivity (Wildman–Crippen MR) is 120 cm³/mol. The monoisotopic (exact) mass is 426 g/mol. The number of aliphatic hydroxyl groups excluding tert-OH is 1. The predicted octanol–water partition coefficient (Wildman–Crippen LogP) is 5.48. The summed E-state index contributed by atoms with van der Waals surface area (Å²) in [6.45, 7) is 6.03. The first-order valence-corrected chi connectivity index (χ1v) is 13.4.